The van der Waals surface area contributed by atoms with Crippen molar-refractivity contribution in [2.75, 3.05) is 19.7 Å². The monoisotopic (exact) mass is 650 g/mol. The fourth-order valence-electron chi connectivity index (χ4n) is 6.96. The molecule has 0 bridgehead atoms. The molecule has 2 heterocycles. The zero-order chi connectivity index (χ0) is 33.4. The molecule has 0 aliphatic carbocycles. The van der Waals surface area contributed by atoms with E-state index in [0.717, 1.165) is 53.6 Å². The summed E-state index contributed by atoms with van der Waals surface area (Å²) in [5, 5.41) is 1.19. The molecule has 5 nitrogen and oxygen atoms in total. The summed E-state index contributed by atoms with van der Waals surface area (Å²) in [5.41, 5.74) is 8.29. The molecular weight excluding hydrogens is 604 g/mol. The molecule has 1 fully saturated rings. The van der Waals surface area contributed by atoms with Gasteiger partial charge in [-0.2, -0.15) is 0 Å². The minimum absolute atomic E-state index is 0.537. The molecule has 1 unspecified atom stereocenters. The SMILES string of the molecule is Cc1c(-c2ccc(OCc3ccccc3)cc2)n(Cc2ccc(OCCN3CCCCC3C)cc2)c2ccc(OCc3ccccc3)cc12. The quantitative estimate of drug-likeness (QED) is 0.125. The van der Waals surface area contributed by atoms with Gasteiger partial charge < -0.3 is 18.8 Å². The van der Waals surface area contributed by atoms with Crippen LogP contribution in [0.4, 0.5) is 0 Å². The number of nitrogens with zero attached hydrogens (tertiary/aromatic N) is 2. The third-order valence-corrected chi connectivity index (χ3v) is 9.76. The number of rotatable bonds is 13. The van der Waals surface area contributed by atoms with Gasteiger partial charge in [0.05, 0.1) is 5.69 Å². The molecule has 250 valence electrons. The number of benzene rings is 5. The number of likely N-dealkylation sites (tertiary alicyclic amines) is 1. The first-order valence-electron chi connectivity index (χ1n) is 17.6. The van der Waals surface area contributed by atoms with Crippen LogP contribution in [0.2, 0.25) is 0 Å². The van der Waals surface area contributed by atoms with Gasteiger partial charge in [0.25, 0.3) is 0 Å². The van der Waals surface area contributed by atoms with Crippen molar-refractivity contribution in [2.45, 2.75) is 58.9 Å². The largest absolute Gasteiger partial charge is 0.492 e. The minimum atomic E-state index is 0.537. The van der Waals surface area contributed by atoms with Crippen molar-refractivity contribution in [1.82, 2.24) is 9.47 Å². The van der Waals surface area contributed by atoms with Gasteiger partial charge >= 0.3 is 0 Å². The Labute approximate surface area is 290 Å². The lowest BCUT2D eigenvalue weighted by atomic mass is 10.0. The van der Waals surface area contributed by atoms with Crippen LogP contribution in [0.15, 0.2) is 127 Å². The fraction of sp³-hybridized carbons (Fsp3) is 0.273. The van der Waals surface area contributed by atoms with Gasteiger partial charge in [-0.05, 0) is 116 Å². The summed E-state index contributed by atoms with van der Waals surface area (Å²) in [6.45, 7) is 9.25. The van der Waals surface area contributed by atoms with E-state index >= 15 is 0 Å². The number of hydrogen-bond acceptors (Lipinski definition) is 4. The van der Waals surface area contributed by atoms with Crippen molar-refractivity contribution in [3.05, 3.63) is 150 Å². The standard InChI is InChI=1S/C44H46N2O3/c1-33-11-9-10-26-45(33)27-28-47-39-20-16-35(17-21-39)30-46-43-25-24-41(49-32-37-14-7-4-8-15-37)29-42(43)34(2)44(46)38-18-22-40(23-19-38)48-31-36-12-5-3-6-13-36/h3-8,12-25,29,33H,9-11,26-28,30-32H2,1-2H3. The Kier molecular flexibility index (Phi) is 10.3. The number of ether oxygens (including phenoxy) is 3. The molecule has 1 aliphatic rings. The summed E-state index contributed by atoms with van der Waals surface area (Å²) in [4.78, 5) is 2.55. The van der Waals surface area contributed by atoms with Gasteiger partial charge in [-0.1, -0.05) is 79.2 Å². The number of piperidine rings is 1. The van der Waals surface area contributed by atoms with E-state index < -0.39 is 0 Å². The highest BCUT2D eigenvalue weighted by Crippen LogP contribution is 2.37. The molecule has 6 aromatic rings. The Bertz CT molecular complexity index is 1930. The second-order valence-electron chi connectivity index (χ2n) is 13.2. The van der Waals surface area contributed by atoms with Crippen LogP contribution < -0.4 is 14.2 Å². The van der Waals surface area contributed by atoms with Gasteiger partial charge in [-0.3, -0.25) is 4.90 Å². The van der Waals surface area contributed by atoms with Gasteiger partial charge in [-0.15, -0.1) is 0 Å². The number of aromatic nitrogens is 1. The Balaban J connectivity index is 1.12. The predicted molar refractivity (Wildman–Crippen MR) is 200 cm³/mol. The first-order chi connectivity index (χ1) is 24.1. The molecule has 49 heavy (non-hydrogen) atoms. The fourth-order valence-corrected chi connectivity index (χ4v) is 6.96. The smallest absolute Gasteiger partial charge is 0.120 e. The maximum atomic E-state index is 6.25. The average molecular weight is 651 g/mol. The van der Waals surface area contributed by atoms with Crippen LogP contribution in [-0.2, 0) is 19.8 Å². The molecule has 5 aromatic carbocycles. The van der Waals surface area contributed by atoms with Crippen molar-refractivity contribution in [3.63, 3.8) is 0 Å². The zero-order valence-corrected chi connectivity index (χ0v) is 28.7. The van der Waals surface area contributed by atoms with Crippen molar-refractivity contribution < 1.29 is 14.2 Å². The van der Waals surface area contributed by atoms with Crippen molar-refractivity contribution in [3.8, 4) is 28.5 Å². The summed E-state index contributed by atoms with van der Waals surface area (Å²) in [6, 6.07) is 44.8. The van der Waals surface area contributed by atoms with Crippen LogP contribution in [0.25, 0.3) is 22.2 Å². The van der Waals surface area contributed by atoms with Crippen molar-refractivity contribution >= 4 is 10.9 Å². The first-order valence-corrected chi connectivity index (χ1v) is 17.6. The lowest BCUT2D eigenvalue weighted by molar-refractivity contribution is 0.133. The Morgan fingerprint density at radius 3 is 1.92 bits per heavy atom. The van der Waals surface area contributed by atoms with Crippen molar-refractivity contribution in [2.24, 2.45) is 0 Å². The summed E-state index contributed by atoms with van der Waals surface area (Å²) in [6.07, 6.45) is 3.93. The maximum absolute atomic E-state index is 6.25. The van der Waals surface area contributed by atoms with E-state index in [0.29, 0.717) is 19.3 Å². The Morgan fingerprint density at radius 2 is 1.24 bits per heavy atom. The van der Waals surface area contributed by atoms with E-state index in [1.54, 1.807) is 0 Å². The maximum Gasteiger partial charge on any atom is 0.120 e. The van der Waals surface area contributed by atoms with Gasteiger partial charge in [0.2, 0.25) is 0 Å². The van der Waals surface area contributed by atoms with Gasteiger partial charge in [0.1, 0.15) is 37.1 Å². The van der Waals surface area contributed by atoms with Crippen LogP contribution in [0.1, 0.15) is 48.4 Å². The first kappa shape index (κ1) is 32.5. The summed E-state index contributed by atoms with van der Waals surface area (Å²) < 4.78 is 21.0. The lowest BCUT2D eigenvalue weighted by Crippen LogP contribution is -2.39. The molecule has 1 atom stereocenters. The highest BCUT2D eigenvalue weighted by Gasteiger charge is 2.19. The lowest BCUT2D eigenvalue weighted by Gasteiger charge is -2.33. The van der Waals surface area contributed by atoms with E-state index in [-0.39, 0.29) is 0 Å². The van der Waals surface area contributed by atoms with Crippen molar-refractivity contribution in [1.29, 1.82) is 0 Å². The second kappa shape index (κ2) is 15.5. The molecule has 0 radical (unpaired) electrons. The van der Waals surface area contributed by atoms with Gasteiger partial charge in [0.15, 0.2) is 0 Å². The molecule has 0 spiro atoms. The summed E-state index contributed by atoms with van der Waals surface area (Å²) in [5.74, 6) is 2.65. The second-order valence-corrected chi connectivity index (χ2v) is 13.2. The number of hydrogen-bond donors (Lipinski definition) is 0. The highest BCUT2D eigenvalue weighted by molar-refractivity contribution is 5.92. The zero-order valence-electron chi connectivity index (χ0n) is 28.7. The average Bonchev–Trinajstić information content (AvgIpc) is 3.42. The van der Waals surface area contributed by atoms with E-state index in [4.69, 9.17) is 14.2 Å². The molecule has 0 saturated carbocycles. The van der Waals surface area contributed by atoms with Crippen LogP contribution in [-0.4, -0.2) is 35.2 Å². The third kappa shape index (κ3) is 8.01. The van der Waals surface area contributed by atoms with Gasteiger partial charge in [0, 0.05) is 30.0 Å². The van der Waals surface area contributed by atoms with Crippen LogP contribution in [0, 0.1) is 6.92 Å². The van der Waals surface area contributed by atoms with Crippen LogP contribution in [0.3, 0.4) is 0 Å². The Hall–Kier alpha value is -5.00. The Morgan fingerprint density at radius 1 is 0.633 bits per heavy atom. The highest BCUT2D eigenvalue weighted by atomic mass is 16.5. The van der Waals surface area contributed by atoms with E-state index in [9.17, 15) is 0 Å². The molecule has 0 N–H and O–H groups in total. The summed E-state index contributed by atoms with van der Waals surface area (Å²) in [7, 11) is 0. The number of fused-ring (bicyclic) bond motifs is 1. The molecule has 0 amide bonds. The molecule has 1 aliphatic heterocycles. The molecule has 1 aromatic heterocycles. The topological polar surface area (TPSA) is 35.9 Å². The molecule has 5 heteroatoms. The van der Waals surface area contributed by atoms with Crippen LogP contribution in [0.5, 0.6) is 17.2 Å². The van der Waals surface area contributed by atoms with Gasteiger partial charge in [-0.25, -0.2) is 0 Å². The predicted octanol–water partition coefficient (Wildman–Crippen LogP) is 10.1. The van der Waals surface area contributed by atoms with E-state index in [2.05, 4.69) is 114 Å². The summed E-state index contributed by atoms with van der Waals surface area (Å²) >= 11 is 0. The normalized spacial score (nSPS) is 14.9. The third-order valence-electron chi connectivity index (χ3n) is 9.76. The van der Waals surface area contributed by atoms with Crippen LogP contribution >= 0.6 is 0 Å². The van der Waals surface area contributed by atoms with E-state index in [1.165, 1.54) is 53.5 Å². The molecular formula is C44H46N2O3. The molecule has 1 saturated heterocycles. The number of aryl methyl sites for hydroxylation is 1. The van der Waals surface area contributed by atoms with E-state index in [1.807, 2.05) is 36.4 Å². The minimum Gasteiger partial charge on any atom is -0.492 e. The molecule has 7 rings (SSSR count).